The van der Waals surface area contributed by atoms with Crippen molar-refractivity contribution in [3.63, 3.8) is 0 Å². The summed E-state index contributed by atoms with van der Waals surface area (Å²) >= 11 is 33.5. The van der Waals surface area contributed by atoms with Crippen LogP contribution < -0.4 is 5.43 Å². The lowest BCUT2D eigenvalue weighted by Gasteiger charge is -2.41. The predicted octanol–water partition coefficient (Wildman–Crippen LogP) is 5.55. The highest BCUT2D eigenvalue weighted by Crippen LogP contribution is 2.28. The van der Waals surface area contributed by atoms with Crippen LogP contribution in [0.4, 0.5) is 14.4 Å². The predicted molar refractivity (Wildman–Crippen MR) is 119 cm³/mol. The number of rotatable bonds is 3. The number of amides is 3. The van der Waals surface area contributed by atoms with Crippen molar-refractivity contribution in [3.8, 4) is 0 Å². The number of hydrogen-bond acceptors (Lipinski definition) is 6. The monoisotopic (exact) mass is 563 g/mol. The Morgan fingerprint density at radius 2 is 1.52 bits per heavy atom. The Morgan fingerprint density at radius 3 is 2.03 bits per heavy atom. The van der Waals surface area contributed by atoms with E-state index in [2.05, 4.69) is 5.43 Å². The highest BCUT2D eigenvalue weighted by Gasteiger charge is 2.39. The zero-order valence-electron chi connectivity index (χ0n) is 16.9. The zero-order chi connectivity index (χ0) is 24.0. The van der Waals surface area contributed by atoms with Gasteiger partial charge in [-0.2, -0.15) is 5.01 Å². The Hall–Kier alpha value is -0.450. The molecule has 9 nitrogen and oxygen atoms in total. The molecule has 1 atom stereocenters. The van der Waals surface area contributed by atoms with Crippen LogP contribution in [-0.4, -0.2) is 67.3 Å². The van der Waals surface area contributed by atoms with Crippen LogP contribution in [0.3, 0.4) is 0 Å². The molecule has 0 spiro atoms. The molecular weight excluding hydrogens is 543 g/mol. The van der Waals surface area contributed by atoms with Gasteiger partial charge in [-0.05, 0) is 40.0 Å². The highest BCUT2D eigenvalue weighted by atomic mass is 35.6. The first-order valence-electron chi connectivity index (χ1n) is 9.01. The molecule has 15 heteroatoms. The second-order valence-corrected chi connectivity index (χ2v) is 12.5. The van der Waals surface area contributed by atoms with E-state index < -0.39 is 50.8 Å². The summed E-state index contributed by atoms with van der Waals surface area (Å²) < 4.78 is 11.4. The van der Waals surface area contributed by atoms with Gasteiger partial charge in [0.05, 0.1) is 0 Å². The summed E-state index contributed by atoms with van der Waals surface area (Å²) in [5, 5.41) is 0.750. The number of halogens is 6. The van der Waals surface area contributed by atoms with Crippen molar-refractivity contribution < 1.29 is 28.6 Å². The highest BCUT2D eigenvalue weighted by molar-refractivity contribution is 6.68. The molecule has 0 aromatic carbocycles. The molecule has 1 unspecified atom stereocenters. The fourth-order valence-electron chi connectivity index (χ4n) is 2.45. The number of ether oxygens (including phenoxy) is 3. The normalized spacial score (nSPS) is 17.6. The lowest BCUT2D eigenvalue weighted by molar-refractivity contribution is -0.0370. The fraction of sp³-hybridized carbons (Fsp3) is 0.812. The van der Waals surface area contributed by atoms with Gasteiger partial charge in [0.2, 0.25) is 7.59 Å². The molecule has 180 valence electrons. The Bertz CT molecular complexity index is 649. The average molecular weight is 566 g/mol. The van der Waals surface area contributed by atoms with Crippen LogP contribution in [0.1, 0.15) is 40.0 Å². The summed E-state index contributed by atoms with van der Waals surface area (Å²) in [6, 6.07) is 0. The Labute approximate surface area is 210 Å². The van der Waals surface area contributed by atoms with Crippen molar-refractivity contribution in [2.75, 3.05) is 19.8 Å². The van der Waals surface area contributed by atoms with Gasteiger partial charge in [-0.15, -0.1) is 0 Å². The van der Waals surface area contributed by atoms with E-state index in [0.29, 0.717) is 19.3 Å². The lowest BCUT2D eigenvalue weighted by atomic mass is 10.1. The average Bonchev–Trinajstić information content (AvgIpc) is 2.60. The minimum absolute atomic E-state index is 0.263. The van der Waals surface area contributed by atoms with E-state index in [1.807, 2.05) is 0 Å². The molecule has 1 rings (SSSR count). The molecule has 0 aromatic rings. The molecule has 0 aliphatic carbocycles. The van der Waals surface area contributed by atoms with E-state index in [1.54, 1.807) is 20.8 Å². The van der Waals surface area contributed by atoms with Gasteiger partial charge in [0, 0.05) is 6.54 Å². The molecule has 1 aliphatic heterocycles. The van der Waals surface area contributed by atoms with Crippen LogP contribution in [0.15, 0.2) is 0 Å². The molecule has 1 aliphatic rings. The third-order valence-electron chi connectivity index (χ3n) is 3.53. The molecule has 0 radical (unpaired) electrons. The van der Waals surface area contributed by atoms with E-state index in [-0.39, 0.29) is 6.54 Å². The molecule has 1 saturated heterocycles. The number of piperidine rings is 1. The SMILES string of the molecule is CC(C)(C)OC(=O)N1CCCCC1N(NC(=O)OCC(Cl)(Cl)Cl)C(=O)OCC(Cl)(Cl)Cl. The number of hydrazine groups is 1. The molecule has 0 aromatic heterocycles. The number of alkyl halides is 6. The van der Waals surface area contributed by atoms with E-state index >= 15 is 0 Å². The minimum Gasteiger partial charge on any atom is -0.444 e. The van der Waals surface area contributed by atoms with Crippen LogP contribution in [0, 0.1) is 0 Å². The summed E-state index contributed by atoms with van der Waals surface area (Å²) in [5.41, 5.74) is 1.40. The Kier molecular flexibility index (Phi) is 10.7. The standard InChI is InChI=1S/C16H23Cl6N3O6/c1-14(2,3)31-12(27)24-7-5-4-6-10(24)25(13(28)30-9-16(20,21)22)23-11(26)29-8-15(17,18)19/h10H,4-9H2,1-3H3,(H,23,26). The third kappa shape index (κ3) is 11.8. The number of likely N-dealkylation sites (tertiary alicyclic amines) is 1. The van der Waals surface area contributed by atoms with E-state index in [9.17, 15) is 14.4 Å². The van der Waals surface area contributed by atoms with Crippen molar-refractivity contribution in [1.29, 1.82) is 0 Å². The quantitative estimate of drug-likeness (QED) is 0.274. The van der Waals surface area contributed by atoms with Gasteiger partial charge in [-0.25, -0.2) is 19.8 Å². The van der Waals surface area contributed by atoms with Gasteiger partial charge >= 0.3 is 18.3 Å². The largest absolute Gasteiger partial charge is 0.444 e. The summed E-state index contributed by atoms with van der Waals surface area (Å²) in [5.74, 6) is 0. The van der Waals surface area contributed by atoms with Gasteiger partial charge in [0.25, 0.3) is 0 Å². The van der Waals surface area contributed by atoms with Gasteiger partial charge in [0.1, 0.15) is 25.0 Å². The second kappa shape index (κ2) is 11.6. The molecule has 0 bridgehead atoms. The molecule has 3 amide bonds. The van der Waals surface area contributed by atoms with Crippen LogP contribution in [0.2, 0.25) is 0 Å². The number of carbonyl (C=O) groups excluding carboxylic acids is 3. The van der Waals surface area contributed by atoms with Crippen molar-refractivity contribution >= 4 is 87.9 Å². The van der Waals surface area contributed by atoms with Crippen molar-refractivity contribution in [2.24, 2.45) is 0 Å². The molecule has 1 fully saturated rings. The summed E-state index contributed by atoms with van der Waals surface area (Å²) in [6.45, 7) is 4.15. The molecule has 31 heavy (non-hydrogen) atoms. The van der Waals surface area contributed by atoms with Crippen LogP contribution in [0.25, 0.3) is 0 Å². The fourth-order valence-corrected chi connectivity index (χ4v) is 2.78. The van der Waals surface area contributed by atoms with Crippen molar-refractivity contribution in [1.82, 2.24) is 15.3 Å². The first kappa shape index (κ1) is 28.6. The Balaban J connectivity index is 3.06. The molecule has 0 saturated carbocycles. The summed E-state index contributed by atoms with van der Waals surface area (Å²) in [7, 11) is 0. The van der Waals surface area contributed by atoms with E-state index in [0.717, 1.165) is 5.01 Å². The molecule has 1 heterocycles. The van der Waals surface area contributed by atoms with Gasteiger partial charge < -0.3 is 14.2 Å². The first-order chi connectivity index (χ1) is 14.0. The zero-order valence-corrected chi connectivity index (χ0v) is 21.5. The van der Waals surface area contributed by atoms with E-state index in [1.165, 1.54) is 4.90 Å². The first-order valence-corrected chi connectivity index (χ1v) is 11.3. The van der Waals surface area contributed by atoms with Crippen LogP contribution >= 0.6 is 69.6 Å². The van der Waals surface area contributed by atoms with E-state index in [4.69, 9.17) is 83.8 Å². The lowest BCUT2D eigenvalue weighted by Crippen LogP contribution is -2.61. The maximum Gasteiger partial charge on any atom is 0.430 e. The molecular formula is C16H23Cl6N3O6. The van der Waals surface area contributed by atoms with Crippen LogP contribution in [0.5, 0.6) is 0 Å². The van der Waals surface area contributed by atoms with Crippen molar-refractivity contribution in [3.05, 3.63) is 0 Å². The Morgan fingerprint density at radius 1 is 0.968 bits per heavy atom. The smallest absolute Gasteiger partial charge is 0.430 e. The molecule has 1 N–H and O–H groups in total. The topological polar surface area (TPSA) is 97.4 Å². The minimum atomic E-state index is -1.89. The van der Waals surface area contributed by atoms with Crippen LogP contribution in [-0.2, 0) is 14.2 Å². The summed E-state index contributed by atoms with van der Waals surface area (Å²) in [6.07, 6.45) is -2.29. The third-order valence-corrected chi connectivity index (χ3v) is 4.19. The second-order valence-electron chi connectivity index (χ2n) is 7.49. The maximum atomic E-state index is 12.7. The number of carbonyl (C=O) groups is 3. The number of nitrogens with one attached hydrogen (secondary N) is 1. The summed E-state index contributed by atoms with van der Waals surface area (Å²) in [4.78, 5) is 38.8. The van der Waals surface area contributed by atoms with Gasteiger partial charge in [0.15, 0.2) is 0 Å². The number of nitrogens with zero attached hydrogens (tertiary/aromatic N) is 2. The van der Waals surface area contributed by atoms with Gasteiger partial charge in [-0.1, -0.05) is 69.6 Å². The van der Waals surface area contributed by atoms with Crippen molar-refractivity contribution in [2.45, 2.75) is 59.4 Å². The van der Waals surface area contributed by atoms with Gasteiger partial charge in [-0.3, -0.25) is 4.90 Å². The number of hydrogen-bond donors (Lipinski definition) is 1. The maximum absolute atomic E-state index is 12.7.